The highest BCUT2D eigenvalue weighted by molar-refractivity contribution is 5.60. The van der Waals surface area contributed by atoms with Crippen molar-refractivity contribution in [2.24, 2.45) is 0 Å². The molecule has 2 aliphatic rings. The Morgan fingerprint density at radius 3 is 2.07 bits per heavy atom. The van der Waals surface area contributed by atoms with Crippen LogP contribution in [-0.4, -0.2) is 98.5 Å². The van der Waals surface area contributed by atoms with Crippen molar-refractivity contribution in [1.29, 1.82) is 0 Å². The first-order valence-electron chi connectivity index (χ1n) is 9.46. The number of ether oxygens (including phenoxy) is 2. The summed E-state index contributed by atoms with van der Waals surface area (Å²) in [5, 5.41) is 17.7. The summed E-state index contributed by atoms with van der Waals surface area (Å²) in [6.45, 7) is 9.69. The lowest BCUT2D eigenvalue weighted by molar-refractivity contribution is -0.384. The Hall–Kier alpha value is -2.01. The molecule has 3 rings (SSSR count). The lowest BCUT2D eigenvalue weighted by atomic mass is 10.3. The van der Waals surface area contributed by atoms with E-state index in [1.165, 1.54) is 6.07 Å². The van der Waals surface area contributed by atoms with Gasteiger partial charge < -0.3 is 20.1 Å². The first-order valence-corrected chi connectivity index (χ1v) is 9.46. The zero-order valence-corrected chi connectivity index (χ0v) is 15.6. The van der Waals surface area contributed by atoms with Crippen LogP contribution >= 0.6 is 0 Å². The number of hydrogen-bond donors (Lipinski definition) is 2. The number of anilines is 2. The number of morpholine rings is 2. The molecule has 3 heterocycles. The molecule has 150 valence electrons. The Kier molecular flexibility index (Phi) is 7.57. The third-order valence-electron chi connectivity index (χ3n) is 4.73. The lowest BCUT2D eigenvalue weighted by Crippen LogP contribution is -2.39. The molecule has 0 atom stereocenters. The van der Waals surface area contributed by atoms with Crippen LogP contribution in [-0.2, 0) is 9.47 Å². The molecule has 0 amide bonds. The van der Waals surface area contributed by atoms with Gasteiger partial charge in [0.05, 0.1) is 31.4 Å². The number of nitro groups is 1. The van der Waals surface area contributed by atoms with Gasteiger partial charge in [-0.25, -0.2) is 4.98 Å². The van der Waals surface area contributed by atoms with Crippen LogP contribution < -0.4 is 10.6 Å². The van der Waals surface area contributed by atoms with Crippen molar-refractivity contribution in [3.05, 3.63) is 22.2 Å². The highest BCUT2D eigenvalue weighted by atomic mass is 16.6. The number of nitrogens with one attached hydrogen (secondary N) is 2. The van der Waals surface area contributed by atoms with Crippen LogP contribution in [0.2, 0.25) is 0 Å². The fourth-order valence-corrected chi connectivity index (χ4v) is 3.15. The molecule has 2 fully saturated rings. The number of pyridine rings is 1. The maximum absolute atomic E-state index is 11.3. The molecular formula is C17H28N6O4. The summed E-state index contributed by atoms with van der Waals surface area (Å²) in [5.74, 6) is 0.951. The standard InChI is InChI=1S/C17H28N6O4/c24-23(25)15-1-2-16(18-3-5-21-7-11-26-12-8-21)20-17(15)19-4-6-22-9-13-27-14-10-22/h1-2H,3-14H2,(H2,18,19,20). The van der Waals surface area contributed by atoms with E-state index in [2.05, 4.69) is 25.4 Å². The summed E-state index contributed by atoms with van der Waals surface area (Å²) in [7, 11) is 0. The SMILES string of the molecule is O=[N+]([O-])c1ccc(NCCN2CCOCC2)nc1NCCN1CCOCC1. The molecule has 10 nitrogen and oxygen atoms in total. The molecule has 1 aromatic heterocycles. The highest BCUT2D eigenvalue weighted by Crippen LogP contribution is 2.23. The van der Waals surface area contributed by atoms with E-state index in [-0.39, 0.29) is 5.69 Å². The number of nitrogens with zero attached hydrogens (tertiary/aromatic N) is 4. The van der Waals surface area contributed by atoms with E-state index in [0.717, 1.165) is 72.2 Å². The predicted molar refractivity (Wildman–Crippen MR) is 102 cm³/mol. The summed E-state index contributed by atoms with van der Waals surface area (Å²) in [6, 6.07) is 3.16. The van der Waals surface area contributed by atoms with Crippen LogP contribution in [0.1, 0.15) is 0 Å². The van der Waals surface area contributed by atoms with Crippen LogP contribution in [0.5, 0.6) is 0 Å². The van der Waals surface area contributed by atoms with Gasteiger partial charge in [0.25, 0.3) is 0 Å². The zero-order valence-electron chi connectivity index (χ0n) is 15.6. The van der Waals surface area contributed by atoms with Crippen molar-refractivity contribution < 1.29 is 14.4 Å². The summed E-state index contributed by atoms with van der Waals surface area (Å²) in [4.78, 5) is 19.9. The van der Waals surface area contributed by atoms with E-state index in [9.17, 15) is 10.1 Å². The monoisotopic (exact) mass is 380 g/mol. The summed E-state index contributed by atoms with van der Waals surface area (Å²) >= 11 is 0. The van der Waals surface area contributed by atoms with Gasteiger partial charge in [0.2, 0.25) is 5.82 Å². The highest BCUT2D eigenvalue weighted by Gasteiger charge is 2.17. The first kappa shape index (κ1) is 19.7. The smallest absolute Gasteiger partial charge is 0.311 e. The van der Waals surface area contributed by atoms with E-state index >= 15 is 0 Å². The molecule has 0 unspecified atom stereocenters. The molecule has 0 aliphatic carbocycles. The third kappa shape index (κ3) is 6.28. The van der Waals surface area contributed by atoms with Crippen LogP contribution in [0.4, 0.5) is 17.3 Å². The average molecular weight is 380 g/mol. The molecule has 2 aliphatic heterocycles. The van der Waals surface area contributed by atoms with Crippen LogP contribution in [0.3, 0.4) is 0 Å². The average Bonchev–Trinajstić information content (AvgIpc) is 2.70. The van der Waals surface area contributed by atoms with Crippen molar-refractivity contribution >= 4 is 17.3 Å². The number of aromatic nitrogens is 1. The van der Waals surface area contributed by atoms with Crippen molar-refractivity contribution in [3.8, 4) is 0 Å². The van der Waals surface area contributed by atoms with Gasteiger partial charge in [-0.1, -0.05) is 0 Å². The molecular weight excluding hydrogens is 352 g/mol. The second kappa shape index (κ2) is 10.4. The molecule has 2 saturated heterocycles. The Morgan fingerprint density at radius 1 is 0.963 bits per heavy atom. The van der Waals surface area contributed by atoms with Gasteiger partial charge in [-0.2, -0.15) is 0 Å². The van der Waals surface area contributed by atoms with Gasteiger partial charge in [0, 0.05) is 58.4 Å². The molecule has 0 aromatic carbocycles. The second-order valence-electron chi connectivity index (χ2n) is 6.58. The minimum absolute atomic E-state index is 0.00398. The zero-order chi connectivity index (χ0) is 18.9. The molecule has 10 heteroatoms. The number of rotatable bonds is 9. The van der Waals surface area contributed by atoms with Gasteiger partial charge in [-0.15, -0.1) is 0 Å². The Labute approximate surface area is 159 Å². The Morgan fingerprint density at radius 2 is 1.52 bits per heavy atom. The topological polar surface area (TPSA) is 105 Å². The minimum Gasteiger partial charge on any atom is -0.379 e. The van der Waals surface area contributed by atoms with Crippen LogP contribution in [0.25, 0.3) is 0 Å². The number of hydrogen-bond acceptors (Lipinski definition) is 9. The lowest BCUT2D eigenvalue weighted by Gasteiger charge is -2.26. The van der Waals surface area contributed by atoms with Crippen molar-refractivity contribution in [1.82, 2.24) is 14.8 Å². The molecule has 0 spiro atoms. The fourth-order valence-electron chi connectivity index (χ4n) is 3.15. The molecule has 1 aromatic rings. The van der Waals surface area contributed by atoms with Crippen molar-refractivity contribution in [2.45, 2.75) is 0 Å². The summed E-state index contributed by atoms with van der Waals surface area (Å²) in [6.07, 6.45) is 0. The van der Waals surface area contributed by atoms with E-state index in [1.807, 2.05) is 0 Å². The largest absolute Gasteiger partial charge is 0.379 e. The fraction of sp³-hybridized carbons (Fsp3) is 0.706. The first-order chi connectivity index (χ1) is 13.2. The van der Waals surface area contributed by atoms with E-state index in [4.69, 9.17) is 9.47 Å². The maximum atomic E-state index is 11.3. The molecule has 0 saturated carbocycles. The van der Waals surface area contributed by atoms with Gasteiger partial charge >= 0.3 is 5.69 Å². The van der Waals surface area contributed by atoms with Gasteiger partial charge in [-0.05, 0) is 6.07 Å². The molecule has 0 bridgehead atoms. The summed E-state index contributed by atoms with van der Waals surface area (Å²) < 4.78 is 10.7. The molecule has 0 radical (unpaired) electrons. The van der Waals surface area contributed by atoms with Crippen LogP contribution in [0, 0.1) is 10.1 Å². The van der Waals surface area contributed by atoms with E-state index in [0.29, 0.717) is 18.2 Å². The van der Waals surface area contributed by atoms with Gasteiger partial charge in [0.1, 0.15) is 5.82 Å². The third-order valence-corrected chi connectivity index (χ3v) is 4.73. The van der Waals surface area contributed by atoms with Crippen LogP contribution in [0.15, 0.2) is 12.1 Å². The van der Waals surface area contributed by atoms with E-state index < -0.39 is 4.92 Å². The maximum Gasteiger partial charge on any atom is 0.311 e. The minimum atomic E-state index is -0.401. The Bertz CT molecular complexity index is 605. The van der Waals surface area contributed by atoms with E-state index in [1.54, 1.807) is 6.07 Å². The van der Waals surface area contributed by atoms with Crippen molar-refractivity contribution in [2.75, 3.05) is 89.4 Å². The summed E-state index contributed by atoms with van der Waals surface area (Å²) in [5.41, 5.74) is -0.00398. The van der Waals surface area contributed by atoms with Gasteiger partial charge in [-0.3, -0.25) is 19.9 Å². The molecule has 2 N–H and O–H groups in total. The van der Waals surface area contributed by atoms with Crippen molar-refractivity contribution in [3.63, 3.8) is 0 Å². The normalized spacial score (nSPS) is 19.0. The van der Waals surface area contributed by atoms with Gasteiger partial charge in [0.15, 0.2) is 0 Å². The molecule has 27 heavy (non-hydrogen) atoms. The Balaban J connectivity index is 1.50. The quantitative estimate of drug-likeness (QED) is 0.467. The second-order valence-corrected chi connectivity index (χ2v) is 6.58. The predicted octanol–water partition coefficient (Wildman–Crippen LogP) is 0.478.